The van der Waals surface area contributed by atoms with Crippen LogP contribution in [-0.4, -0.2) is 33.6 Å². The van der Waals surface area contributed by atoms with Gasteiger partial charge in [0.15, 0.2) is 17.3 Å². The molecule has 180 valence electrons. The summed E-state index contributed by atoms with van der Waals surface area (Å²) in [5.41, 5.74) is 2.69. The fourth-order valence-corrected chi connectivity index (χ4v) is 6.00. The zero-order chi connectivity index (χ0) is 24.4. The second-order valence-electron chi connectivity index (χ2n) is 10.6. The number of aryl methyl sites for hydroxylation is 1. The lowest BCUT2D eigenvalue weighted by molar-refractivity contribution is -0.138. The summed E-state index contributed by atoms with van der Waals surface area (Å²) in [5, 5.41) is 21.9. The van der Waals surface area contributed by atoms with E-state index in [9.17, 15) is 14.6 Å². The summed E-state index contributed by atoms with van der Waals surface area (Å²) in [6.07, 6.45) is 7.10. The molecule has 6 heteroatoms. The third kappa shape index (κ3) is 3.47. The molecular formula is C28H32FNO4. The van der Waals surface area contributed by atoms with Crippen molar-refractivity contribution in [2.75, 3.05) is 7.11 Å². The van der Waals surface area contributed by atoms with E-state index in [1.165, 1.54) is 13.3 Å². The maximum atomic E-state index is 14.3. The number of nitrogens with zero attached hydrogens (tertiary/aromatic N) is 1. The van der Waals surface area contributed by atoms with Crippen LogP contribution in [0.5, 0.6) is 17.2 Å². The van der Waals surface area contributed by atoms with Crippen molar-refractivity contribution < 1.29 is 24.1 Å². The Balaban J connectivity index is 1.50. The number of rotatable bonds is 3. The van der Waals surface area contributed by atoms with Crippen LogP contribution >= 0.6 is 0 Å². The third-order valence-corrected chi connectivity index (χ3v) is 8.05. The molecule has 34 heavy (non-hydrogen) atoms. The highest BCUT2D eigenvalue weighted by Gasteiger charge is 2.54. The van der Waals surface area contributed by atoms with Gasteiger partial charge in [0.1, 0.15) is 11.4 Å². The molecule has 2 aliphatic rings. The fourth-order valence-electron chi connectivity index (χ4n) is 6.00. The first-order valence-electron chi connectivity index (χ1n) is 11.8. The van der Waals surface area contributed by atoms with Crippen LogP contribution < -0.4 is 9.47 Å². The van der Waals surface area contributed by atoms with Gasteiger partial charge in [-0.25, -0.2) is 4.39 Å². The Morgan fingerprint density at radius 2 is 1.85 bits per heavy atom. The molecule has 1 aliphatic heterocycles. The van der Waals surface area contributed by atoms with Crippen molar-refractivity contribution in [1.82, 2.24) is 4.57 Å². The number of ether oxygens (including phenoxy) is 2. The first-order chi connectivity index (χ1) is 16.0. The van der Waals surface area contributed by atoms with Gasteiger partial charge in [-0.1, -0.05) is 26.0 Å². The van der Waals surface area contributed by atoms with Crippen molar-refractivity contribution in [3.05, 3.63) is 53.0 Å². The van der Waals surface area contributed by atoms with Gasteiger partial charge in [0.2, 0.25) is 0 Å². The van der Waals surface area contributed by atoms with Gasteiger partial charge in [-0.3, -0.25) is 0 Å². The highest BCUT2D eigenvalue weighted by Crippen LogP contribution is 2.54. The van der Waals surface area contributed by atoms with E-state index in [0.29, 0.717) is 23.3 Å². The van der Waals surface area contributed by atoms with E-state index < -0.39 is 5.60 Å². The van der Waals surface area contributed by atoms with Crippen LogP contribution in [-0.2, 0) is 13.5 Å². The molecule has 2 aromatic carbocycles. The number of hydrogen-bond acceptors (Lipinski definition) is 4. The Kier molecular flexibility index (Phi) is 5.21. The van der Waals surface area contributed by atoms with E-state index >= 15 is 0 Å². The van der Waals surface area contributed by atoms with Crippen LogP contribution in [0.15, 0.2) is 30.5 Å². The lowest BCUT2D eigenvalue weighted by Gasteiger charge is -2.55. The number of methoxy groups -OCH3 is 1. The van der Waals surface area contributed by atoms with Crippen molar-refractivity contribution in [3.63, 3.8) is 0 Å². The first-order valence-corrected chi connectivity index (χ1v) is 11.8. The molecule has 2 N–H and O–H groups in total. The van der Waals surface area contributed by atoms with Crippen molar-refractivity contribution in [2.24, 2.45) is 18.4 Å². The number of aromatic nitrogens is 1. The van der Waals surface area contributed by atoms with Crippen molar-refractivity contribution in [2.45, 2.75) is 51.7 Å². The summed E-state index contributed by atoms with van der Waals surface area (Å²) in [6.45, 7) is 6.30. The van der Waals surface area contributed by atoms with E-state index in [0.717, 1.165) is 35.0 Å². The highest BCUT2D eigenvalue weighted by molar-refractivity contribution is 5.90. The minimum Gasteiger partial charge on any atom is -0.504 e. The quantitative estimate of drug-likeness (QED) is 0.488. The van der Waals surface area contributed by atoms with Crippen molar-refractivity contribution in [1.29, 1.82) is 0 Å². The molecule has 0 saturated heterocycles. The number of fused-ring (bicyclic) bond motifs is 3. The molecule has 3 aromatic rings. The van der Waals surface area contributed by atoms with Crippen LogP contribution in [0.25, 0.3) is 23.1 Å². The van der Waals surface area contributed by atoms with E-state index in [2.05, 4.69) is 20.8 Å². The van der Waals surface area contributed by atoms with Crippen molar-refractivity contribution >= 4 is 23.1 Å². The van der Waals surface area contributed by atoms with Gasteiger partial charge in [-0.15, -0.1) is 0 Å². The molecule has 1 aliphatic carbocycles. The molecule has 5 nitrogen and oxygen atoms in total. The molecule has 1 fully saturated rings. The largest absolute Gasteiger partial charge is 0.504 e. The number of benzene rings is 2. The van der Waals surface area contributed by atoms with Gasteiger partial charge in [0, 0.05) is 19.2 Å². The molecule has 0 spiro atoms. The molecule has 1 aromatic heterocycles. The summed E-state index contributed by atoms with van der Waals surface area (Å²) in [5.74, 6) is 0.971. The number of aliphatic hydroxyl groups excluding tert-OH is 1. The number of halogens is 1. The maximum Gasteiger partial charge on any atom is 0.164 e. The molecule has 1 saturated carbocycles. The predicted molar refractivity (Wildman–Crippen MR) is 132 cm³/mol. The molecule has 0 amide bonds. The molecule has 0 bridgehead atoms. The van der Waals surface area contributed by atoms with E-state index in [1.54, 1.807) is 23.7 Å². The predicted octanol–water partition coefficient (Wildman–Crippen LogP) is 5.69. The summed E-state index contributed by atoms with van der Waals surface area (Å²) in [4.78, 5) is 0. The van der Waals surface area contributed by atoms with Gasteiger partial charge in [0.25, 0.3) is 0 Å². The van der Waals surface area contributed by atoms with E-state index in [-0.39, 0.29) is 29.0 Å². The number of phenols is 1. The molecule has 0 radical (unpaired) electrons. The van der Waals surface area contributed by atoms with Gasteiger partial charge in [-0.05, 0) is 72.6 Å². The molecule has 5 rings (SSSR count). The lowest BCUT2D eigenvalue weighted by Crippen LogP contribution is -2.58. The Morgan fingerprint density at radius 1 is 1.15 bits per heavy atom. The summed E-state index contributed by atoms with van der Waals surface area (Å²) < 4.78 is 27.9. The lowest BCUT2D eigenvalue weighted by atomic mass is 9.57. The third-order valence-electron chi connectivity index (χ3n) is 8.05. The summed E-state index contributed by atoms with van der Waals surface area (Å²) >= 11 is 0. The Bertz CT molecular complexity index is 1310. The standard InChI is InChI=1S/C28H32FNO4/c1-27(2)23-14-18-10-16(12-21(31)26(18)34-28(23,3)9-8-24(27)32)6-7-17-11-20-25(22(13-17)33-5)19(29)15-30(20)4/h6-7,10-13,15,23-24,31-32H,8-9,14H2,1-5H3/t23-,24-,28-/m1/s1. The molecule has 2 heterocycles. The number of phenolic OH excluding ortho intramolecular Hbond substituents is 1. The normalized spacial score (nSPS) is 25.7. The SMILES string of the molecule is COc1cc(C=Cc2cc(O)c3c(c2)C[C@@H]2C(C)(C)[C@H](O)CC[C@@]2(C)O3)cc2c1c(F)cn2C. The van der Waals surface area contributed by atoms with Crippen molar-refractivity contribution in [3.8, 4) is 17.2 Å². The van der Waals surface area contributed by atoms with Crippen LogP contribution in [0.4, 0.5) is 4.39 Å². The minimum absolute atomic E-state index is 0.123. The molecular weight excluding hydrogens is 433 g/mol. The number of aliphatic hydroxyl groups is 1. The van der Waals surface area contributed by atoms with E-state index in [4.69, 9.17) is 9.47 Å². The Labute approximate surface area is 199 Å². The topological polar surface area (TPSA) is 63.9 Å². The van der Waals surface area contributed by atoms with Gasteiger partial charge in [-0.2, -0.15) is 0 Å². The average Bonchev–Trinajstić information content (AvgIpc) is 3.08. The Morgan fingerprint density at radius 3 is 2.56 bits per heavy atom. The fraction of sp³-hybridized carbons (Fsp3) is 0.429. The molecule has 0 unspecified atom stereocenters. The molecule has 3 atom stereocenters. The van der Waals surface area contributed by atoms with Crippen LogP contribution in [0, 0.1) is 17.2 Å². The summed E-state index contributed by atoms with van der Waals surface area (Å²) in [7, 11) is 3.34. The van der Waals surface area contributed by atoms with Gasteiger partial charge in [0.05, 0.1) is 24.1 Å². The number of aromatic hydroxyl groups is 1. The van der Waals surface area contributed by atoms with Crippen LogP contribution in [0.1, 0.15) is 50.3 Å². The zero-order valence-electron chi connectivity index (χ0n) is 20.4. The average molecular weight is 466 g/mol. The minimum atomic E-state index is -0.416. The zero-order valence-corrected chi connectivity index (χ0v) is 20.4. The second-order valence-corrected chi connectivity index (χ2v) is 10.6. The monoisotopic (exact) mass is 465 g/mol. The second kappa shape index (κ2) is 7.77. The number of hydrogen-bond donors (Lipinski definition) is 2. The maximum absolute atomic E-state index is 14.3. The summed E-state index contributed by atoms with van der Waals surface area (Å²) in [6, 6.07) is 7.47. The van der Waals surface area contributed by atoms with E-state index in [1.807, 2.05) is 24.3 Å². The first kappa shape index (κ1) is 22.8. The van der Waals surface area contributed by atoms with Gasteiger partial charge < -0.3 is 24.3 Å². The Hall–Kier alpha value is -2.99. The van der Waals surface area contributed by atoms with Crippen LogP contribution in [0.2, 0.25) is 0 Å². The van der Waals surface area contributed by atoms with Crippen LogP contribution in [0.3, 0.4) is 0 Å². The van der Waals surface area contributed by atoms with Gasteiger partial charge >= 0.3 is 0 Å². The smallest absolute Gasteiger partial charge is 0.164 e. The highest BCUT2D eigenvalue weighted by atomic mass is 19.1.